The van der Waals surface area contributed by atoms with Gasteiger partial charge in [0.25, 0.3) is 5.91 Å². The molecule has 1 N–H and O–H groups in total. The molecule has 0 radical (unpaired) electrons. The summed E-state index contributed by atoms with van der Waals surface area (Å²) in [5, 5.41) is 18.2. The zero-order valence-corrected chi connectivity index (χ0v) is 24.9. The third kappa shape index (κ3) is 6.56. The number of ether oxygens (including phenoxy) is 1. The maximum absolute atomic E-state index is 13.6. The van der Waals surface area contributed by atoms with Gasteiger partial charge in [0.05, 0.1) is 22.9 Å². The fourth-order valence-electron chi connectivity index (χ4n) is 5.44. The van der Waals surface area contributed by atoms with Crippen molar-refractivity contribution in [2.75, 3.05) is 42.6 Å². The molecule has 2 aliphatic rings. The van der Waals surface area contributed by atoms with E-state index in [-0.39, 0.29) is 40.4 Å². The first-order valence-electron chi connectivity index (χ1n) is 13.6. The van der Waals surface area contributed by atoms with E-state index in [1.165, 1.54) is 54.0 Å². The van der Waals surface area contributed by atoms with E-state index >= 15 is 0 Å². The minimum Gasteiger partial charge on any atom is -0.492 e. The Hall–Kier alpha value is -4.03. The van der Waals surface area contributed by atoms with E-state index in [0.717, 1.165) is 11.0 Å². The summed E-state index contributed by atoms with van der Waals surface area (Å²) in [6.45, 7) is 6.74. The summed E-state index contributed by atoms with van der Waals surface area (Å²) in [5.41, 5.74) is -3.01. The second-order valence-corrected chi connectivity index (χ2v) is 11.4. The van der Waals surface area contributed by atoms with E-state index in [1.54, 1.807) is 6.92 Å². The molecule has 1 unspecified atom stereocenters. The Morgan fingerprint density at radius 1 is 1.18 bits per heavy atom. The third-order valence-corrected chi connectivity index (χ3v) is 8.02. The molecule has 2 saturated heterocycles. The lowest BCUT2D eigenvalue weighted by Gasteiger charge is -2.38. The summed E-state index contributed by atoms with van der Waals surface area (Å²) in [6.07, 6.45) is -9.24. The van der Waals surface area contributed by atoms with Gasteiger partial charge in [-0.1, -0.05) is 0 Å². The summed E-state index contributed by atoms with van der Waals surface area (Å²) < 4.78 is 74.0. The summed E-state index contributed by atoms with van der Waals surface area (Å²) in [6, 6.07) is 8.55. The van der Waals surface area contributed by atoms with Crippen LogP contribution in [0.5, 0.6) is 5.75 Å². The SMILES string of the molecule is CC1CN(CCOc2ccc(N3C(=S)N(c4ccc(C#N)c(C(F)(F)F)c4)C(=O)C3(C)C)cc2CC(F)F)CCN1C(=O)O. The number of piperazine rings is 1. The van der Waals surface area contributed by atoms with Gasteiger partial charge in [-0.25, -0.2) is 13.6 Å². The molecule has 2 amide bonds. The molecule has 2 heterocycles. The second kappa shape index (κ2) is 12.5. The quantitative estimate of drug-likeness (QED) is 0.304. The summed E-state index contributed by atoms with van der Waals surface area (Å²) in [7, 11) is 0. The normalized spacial score (nSPS) is 19.1. The number of amides is 2. The average molecular weight is 640 g/mol. The van der Waals surface area contributed by atoms with Crippen molar-refractivity contribution in [1.82, 2.24) is 9.80 Å². The van der Waals surface area contributed by atoms with Crippen LogP contribution in [0, 0.1) is 11.3 Å². The van der Waals surface area contributed by atoms with Gasteiger partial charge in [0.1, 0.15) is 17.9 Å². The number of carboxylic acid groups (broad SMARTS) is 1. The van der Waals surface area contributed by atoms with Crippen LogP contribution in [0.2, 0.25) is 0 Å². The van der Waals surface area contributed by atoms with Crippen molar-refractivity contribution in [2.24, 2.45) is 0 Å². The Bertz CT molecular complexity index is 1500. The second-order valence-electron chi connectivity index (χ2n) is 11.0. The van der Waals surface area contributed by atoms with Crippen LogP contribution in [-0.2, 0) is 17.4 Å². The van der Waals surface area contributed by atoms with E-state index in [0.29, 0.717) is 32.2 Å². The van der Waals surface area contributed by atoms with Crippen LogP contribution in [0.3, 0.4) is 0 Å². The predicted octanol–water partition coefficient (Wildman–Crippen LogP) is 5.36. The van der Waals surface area contributed by atoms with Crippen LogP contribution >= 0.6 is 12.2 Å². The number of hydrogen-bond donors (Lipinski definition) is 1. The lowest BCUT2D eigenvalue weighted by atomic mass is 10.0. The number of carbonyl (C=O) groups is 2. The summed E-state index contributed by atoms with van der Waals surface area (Å²) >= 11 is 5.55. The zero-order valence-electron chi connectivity index (χ0n) is 24.1. The minimum atomic E-state index is -4.86. The standard InChI is InChI=1S/C29H30F5N5O4S/c1-17-16-36(8-9-37(17)27(41)42)10-11-43-23-7-6-21(12-19(23)13-24(30)31)39-26(44)38(25(40)28(39,2)3)20-5-4-18(15-35)22(14-20)29(32,33)34/h4-7,12,14,17,24H,8-11,13,16H2,1-3H3,(H,41,42). The van der Waals surface area contributed by atoms with Gasteiger partial charge in [0, 0.05) is 49.9 Å². The molecule has 2 aliphatic heterocycles. The lowest BCUT2D eigenvalue weighted by Crippen LogP contribution is -2.54. The Kier molecular flexibility index (Phi) is 9.36. The largest absolute Gasteiger partial charge is 0.492 e. The van der Waals surface area contributed by atoms with Crippen molar-refractivity contribution in [3.63, 3.8) is 0 Å². The number of hydrogen-bond acceptors (Lipinski definition) is 6. The Balaban J connectivity index is 1.57. The fraction of sp³-hybridized carbons (Fsp3) is 0.448. The predicted molar refractivity (Wildman–Crippen MR) is 155 cm³/mol. The van der Waals surface area contributed by atoms with E-state index in [2.05, 4.69) is 0 Å². The van der Waals surface area contributed by atoms with Gasteiger partial charge in [-0.05, 0) is 69.4 Å². The number of carbonyl (C=O) groups excluding carboxylic acids is 1. The van der Waals surface area contributed by atoms with Crippen molar-refractivity contribution >= 4 is 40.7 Å². The molecular formula is C29H30F5N5O4S. The minimum absolute atomic E-state index is 0.142. The van der Waals surface area contributed by atoms with Crippen LogP contribution in [-0.4, -0.2) is 82.8 Å². The molecule has 4 rings (SSSR count). The first kappa shape index (κ1) is 32.9. The number of rotatable bonds is 8. The number of anilines is 2. The molecule has 0 saturated carbocycles. The first-order valence-corrected chi connectivity index (χ1v) is 14.0. The van der Waals surface area contributed by atoms with Crippen molar-refractivity contribution < 1.29 is 41.4 Å². The average Bonchev–Trinajstić information content (AvgIpc) is 3.11. The molecule has 0 spiro atoms. The van der Waals surface area contributed by atoms with Gasteiger partial charge in [-0.3, -0.25) is 14.6 Å². The highest BCUT2D eigenvalue weighted by Gasteiger charge is 2.51. The van der Waals surface area contributed by atoms with Gasteiger partial charge in [0.15, 0.2) is 5.11 Å². The van der Waals surface area contributed by atoms with Gasteiger partial charge < -0.3 is 19.6 Å². The molecule has 2 aromatic carbocycles. The molecule has 0 bridgehead atoms. The van der Waals surface area contributed by atoms with Crippen LogP contribution in [0.15, 0.2) is 36.4 Å². The monoisotopic (exact) mass is 639 g/mol. The highest BCUT2D eigenvalue weighted by Crippen LogP contribution is 2.40. The van der Waals surface area contributed by atoms with Gasteiger partial charge in [-0.15, -0.1) is 0 Å². The fourth-order valence-corrected chi connectivity index (χ4v) is 5.96. The van der Waals surface area contributed by atoms with Gasteiger partial charge in [-0.2, -0.15) is 18.4 Å². The van der Waals surface area contributed by atoms with E-state index in [9.17, 15) is 36.6 Å². The van der Waals surface area contributed by atoms with Crippen LogP contribution < -0.4 is 14.5 Å². The van der Waals surface area contributed by atoms with Gasteiger partial charge >= 0.3 is 12.3 Å². The first-order chi connectivity index (χ1) is 20.6. The molecule has 15 heteroatoms. The number of halogens is 5. The van der Waals surface area contributed by atoms with Gasteiger partial charge in [0.2, 0.25) is 6.43 Å². The number of alkyl halides is 5. The molecule has 0 aromatic heterocycles. The van der Waals surface area contributed by atoms with Crippen LogP contribution in [0.4, 0.5) is 38.1 Å². The van der Waals surface area contributed by atoms with Crippen molar-refractivity contribution in [2.45, 2.75) is 51.4 Å². The summed E-state index contributed by atoms with van der Waals surface area (Å²) in [5.74, 6) is -0.451. The number of nitrogens with zero attached hydrogens (tertiary/aromatic N) is 5. The Labute approximate surface area is 256 Å². The van der Waals surface area contributed by atoms with E-state index in [4.69, 9.17) is 22.2 Å². The number of benzene rings is 2. The van der Waals surface area contributed by atoms with Crippen LogP contribution in [0.1, 0.15) is 37.5 Å². The maximum atomic E-state index is 13.6. The van der Waals surface area contributed by atoms with Crippen molar-refractivity contribution in [3.8, 4) is 11.8 Å². The molecule has 2 aromatic rings. The van der Waals surface area contributed by atoms with Crippen molar-refractivity contribution in [3.05, 3.63) is 53.1 Å². The molecule has 1 atom stereocenters. The topological polar surface area (TPSA) is 100 Å². The maximum Gasteiger partial charge on any atom is 0.417 e. The molecule has 2 fully saturated rings. The molecule has 9 nitrogen and oxygen atoms in total. The van der Waals surface area contributed by atoms with E-state index in [1.807, 2.05) is 4.90 Å². The smallest absolute Gasteiger partial charge is 0.417 e. The van der Waals surface area contributed by atoms with Crippen LogP contribution in [0.25, 0.3) is 0 Å². The third-order valence-electron chi connectivity index (χ3n) is 7.65. The highest BCUT2D eigenvalue weighted by molar-refractivity contribution is 7.81. The number of nitriles is 1. The van der Waals surface area contributed by atoms with Crippen molar-refractivity contribution in [1.29, 1.82) is 5.26 Å². The summed E-state index contributed by atoms with van der Waals surface area (Å²) in [4.78, 5) is 30.5. The molecular weight excluding hydrogens is 609 g/mol. The zero-order chi connectivity index (χ0) is 32.6. The lowest BCUT2D eigenvalue weighted by molar-refractivity contribution is -0.137. The molecule has 44 heavy (non-hydrogen) atoms. The number of thiocarbonyl (C=S) groups is 1. The Morgan fingerprint density at radius 2 is 1.86 bits per heavy atom. The molecule has 0 aliphatic carbocycles. The highest BCUT2D eigenvalue weighted by atomic mass is 32.1. The Morgan fingerprint density at radius 3 is 2.45 bits per heavy atom. The van der Waals surface area contributed by atoms with E-state index < -0.39 is 47.7 Å². The molecule has 236 valence electrons.